The van der Waals surface area contributed by atoms with E-state index in [1.807, 2.05) is 30.3 Å². The minimum atomic E-state index is -1.16. The number of ether oxygens (including phenoxy) is 1. The molecule has 0 radical (unpaired) electrons. The van der Waals surface area contributed by atoms with Gasteiger partial charge in [0.1, 0.15) is 17.9 Å². The zero-order valence-corrected chi connectivity index (χ0v) is 10.4. The molecule has 102 valence electrons. The van der Waals surface area contributed by atoms with E-state index >= 15 is 0 Å². The molecule has 2 N–H and O–H groups in total. The van der Waals surface area contributed by atoms with Crippen molar-refractivity contribution < 1.29 is 24.5 Å². The van der Waals surface area contributed by atoms with Crippen molar-refractivity contribution in [2.45, 2.75) is 6.61 Å². The molecule has 5 nitrogen and oxygen atoms in total. The summed E-state index contributed by atoms with van der Waals surface area (Å²) < 4.78 is 5.43. The fourth-order valence-electron chi connectivity index (χ4n) is 1.69. The van der Waals surface area contributed by atoms with E-state index in [1.165, 1.54) is 18.2 Å². The van der Waals surface area contributed by atoms with Crippen LogP contribution in [0.4, 0.5) is 0 Å². The van der Waals surface area contributed by atoms with Crippen LogP contribution >= 0.6 is 0 Å². The van der Waals surface area contributed by atoms with E-state index in [4.69, 9.17) is 14.9 Å². The Hall–Kier alpha value is -2.82. The molecular formula is C15H12O5. The highest BCUT2D eigenvalue weighted by atomic mass is 16.5. The standard InChI is InChI=1S/C15H12O5/c16-14(17)11-6-7-12(15(18)19)13(8-11)20-9-10-4-2-1-3-5-10/h1-8H,9H2,(H,16,17)(H,18,19). The van der Waals surface area contributed by atoms with Crippen LogP contribution in [0.2, 0.25) is 0 Å². The summed E-state index contributed by atoms with van der Waals surface area (Å²) in [6.07, 6.45) is 0. The lowest BCUT2D eigenvalue weighted by molar-refractivity contribution is 0.0676. The number of carboxylic acids is 2. The van der Waals surface area contributed by atoms with E-state index in [0.717, 1.165) is 5.56 Å². The summed E-state index contributed by atoms with van der Waals surface area (Å²) in [5.41, 5.74) is 0.786. The molecule has 2 aromatic carbocycles. The number of aromatic carboxylic acids is 2. The maximum absolute atomic E-state index is 11.1. The zero-order chi connectivity index (χ0) is 14.5. The lowest BCUT2D eigenvalue weighted by Gasteiger charge is -2.10. The number of hydrogen-bond donors (Lipinski definition) is 2. The van der Waals surface area contributed by atoms with Crippen molar-refractivity contribution >= 4 is 11.9 Å². The summed E-state index contributed by atoms with van der Waals surface area (Å²) in [6.45, 7) is 0.171. The average molecular weight is 272 g/mol. The van der Waals surface area contributed by atoms with E-state index in [9.17, 15) is 9.59 Å². The second-order valence-corrected chi connectivity index (χ2v) is 4.10. The maximum atomic E-state index is 11.1. The molecule has 0 atom stereocenters. The average Bonchev–Trinajstić information content (AvgIpc) is 2.45. The molecule has 5 heteroatoms. The first-order chi connectivity index (χ1) is 9.58. The SMILES string of the molecule is O=C(O)c1ccc(C(=O)O)c(OCc2ccccc2)c1. The van der Waals surface area contributed by atoms with Crippen LogP contribution in [0.1, 0.15) is 26.3 Å². The summed E-state index contributed by atoms with van der Waals surface area (Å²) in [5, 5.41) is 18.0. The summed E-state index contributed by atoms with van der Waals surface area (Å²) >= 11 is 0. The molecule has 0 unspecified atom stereocenters. The van der Waals surface area contributed by atoms with Gasteiger partial charge >= 0.3 is 11.9 Å². The lowest BCUT2D eigenvalue weighted by Crippen LogP contribution is -2.06. The van der Waals surface area contributed by atoms with Crippen molar-refractivity contribution in [2.75, 3.05) is 0 Å². The fourth-order valence-corrected chi connectivity index (χ4v) is 1.69. The third kappa shape index (κ3) is 3.14. The molecule has 0 heterocycles. The van der Waals surface area contributed by atoms with E-state index in [2.05, 4.69) is 0 Å². The Morgan fingerprint density at radius 2 is 1.65 bits per heavy atom. The van der Waals surface area contributed by atoms with E-state index in [-0.39, 0.29) is 23.5 Å². The molecule has 0 saturated heterocycles. The first kappa shape index (κ1) is 13.6. The minimum Gasteiger partial charge on any atom is -0.488 e. The topological polar surface area (TPSA) is 83.8 Å². The molecule has 0 aromatic heterocycles. The third-order valence-electron chi connectivity index (χ3n) is 2.70. The number of carboxylic acid groups (broad SMARTS) is 2. The van der Waals surface area contributed by atoms with Crippen molar-refractivity contribution in [3.63, 3.8) is 0 Å². The summed E-state index contributed by atoms with van der Waals surface area (Å²) in [4.78, 5) is 22.0. The molecule has 0 aliphatic rings. The van der Waals surface area contributed by atoms with Crippen LogP contribution in [0, 0.1) is 0 Å². The fraction of sp³-hybridized carbons (Fsp3) is 0.0667. The molecule has 0 bridgehead atoms. The molecule has 0 saturated carbocycles. The molecular weight excluding hydrogens is 260 g/mol. The van der Waals surface area contributed by atoms with Crippen LogP contribution in [-0.2, 0) is 6.61 Å². The molecule has 0 aliphatic carbocycles. The molecule has 0 spiro atoms. The molecule has 0 aliphatic heterocycles. The Labute approximate surface area is 115 Å². The van der Waals surface area contributed by atoms with Crippen molar-refractivity contribution in [3.05, 3.63) is 65.2 Å². The number of rotatable bonds is 5. The van der Waals surface area contributed by atoms with Gasteiger partial charge in [0.25, 0.3) is 0 Å². The maximum Gasteiger partial charge on any atom is 0.339 e. The highest BCUT2D eigenvalue weighted by Gasteiger charge is 2.14. The largest absolute Gasteiger partial charge is 0.488 e. The Balaban J connectivity index is 2.26. The second-order valence-electron chi connectivity index (χ2n) is 4.10. The normalized spacial score (nSPS) is 10.0. The van der Waals surface area contributed by atoms with Crippen LogP contribution in [0.3, 0.4) is 0 Å². The van der Waals surface area contributed by atoms with Crippen molar-refractivity contribution in [2.24, 2.45) is 0 Å². The van der Waals surface area contributed by atoms with Gasteiger partial charge in [0.05, 0.1) is 5.56 Å². The molecule has 0 amide bonds. The number of carbonyl (C=O) groups is 2. The molecule has 0 fully saturated rings. The van der Waals surface area contributed by atoms with Gasteiger partial charge in [-0.25, -0.2) is 9.59 Å². The van der Waals surface area contributed by atoms with Crippen molar-refractivity contribution in [1.82, 2.24) is 0 Å². The van der Waals surface area contributed by atoms with Crippen molar-refractivity contribution in [1.29, 1.82) is 0 Å². The second kappa shape index (κ2) is 5.88. The Kier molecular flexibility index (Phi) is 4.00. The molecule has 20 heavy (non-hydrogen) atoms. The first-order valence-corrected chi connectivity index (χ1v) is 5.85. The van der Waals surface area contributed by atoms with Crippen LogP contribution in [0.15, 0.2) is 48.5 Å². The Morgan fingerprint density at radius 1 is 0.950 bits per heavy atom. The Bertz CT molecular complexity index is 634. The van der Waals surface area contributed by atoms with Crippen LogP contribution in [0.25, 0.3) is 0 Å². The van der Waals surface area contributed by atoms with E-state index in [0.29, 0.717) is 0 Å². The monoisotopic (exact) mass is 272 g/mol. The summed E-state index contributed by atoms with van der Waals surface area (Å²) in [6, 6.07) is 12.9. The smallest absolute Gasteiger partial charge is 0.339 e. The number of benzene rings is 2. The minimum absolute atomic E-state index is 0.0157. The number of hydrogen-bond acceptors (Lipinski definition) is 3. The van der Waals surface area contributed by atoms with Gasteiger partial charge in [-0.2, -0.15) is 0 Å². The lowest BCUT2D eigenvalue weighted by atomic mass is 10.1. The zero-order valence-electron chi connectivity index (χ0n) is 10.4. The van der Waals surface area contributed by atoms with E-state index in [1.54, 1.807) is 0 Å². The first-order valence-electron chi connectivity index (χ1n) is 5.85. The highest BCUT2D eigenvalue weighted by Crippen LogP contribution is 2.22. The molecule has 2 rings (SSSR count). The quantitative estimate of drug-likeness (QED) is 0.874. The summed E-state index contributed by atoms with van der Waals surface area (Å²) in [7, 11) is 0. The van der Waals surface area contributed by atoms with E-state index < -0.39 is 11.9 Å². The van der Waals surface area contributed by atoms with Crippen LogP contribution < -0.4 is 4.74 Å². The van der Waals surface area contributed by atoms with Crippen LogP contribution in [0.5, 0.6) is 5.75 Å². The van der Waals surface area contributed by atoms with Gasteiger partial charge in [-0.05, 0) is 23.8 Å². The van der Waals surface area contributed by atoms with Crippen LogP contribution in [-0.4, -0.2) is 22.2 Å². The van der Waals surface area contributed by atoms with Gasteiger partial charge < -0.3 is 14.9 Å². The highest BCUT2D eigenvalue weighted by molar-refractivity contribution is 5.94. The van der Waals surface area contributed by atoms with Gasteiger partial charge in [0.15, 0.2) is 0 Å². The predicted molar refractivity (Wildman–Crippen MR) is 71.1 cm³/mol. The van der Waals surface area contributed by atoms with Crippen molar-refractivity contribution in [3.8, 4) is 5.75 Å². The van der Waals surface area contributed by atoms with Gasteiger partial charge in [-0.1, -0.05) is 30.3 Å². The predicted octanol–water partition coefficient (Wildman–Crippen LogP) is 2.66. The Morgan fingerprint density at radius 3 is 2.25 bits per heavy atom. The van der Waals surface area contributed by atoms with Gasteiger partial charge in [-0.3, -0.25) is 0 Å². The third-order valence-corrected chi connectivity index (χ3v) is 2.70. The van der Waals surface area contributed by atoms with Gasteiger partial charge in [-0.15, -0.1) is 0 Å². The molecule has 2 aromatic rings. The summed E-state index contributed by atoms with van der Waals surface area (Å²) in [5.74, 6) is -2.25. The van der Waals surface area contributed by atoms with Gasteiger partial charge in [0, 0.05) is 0 Å². The van der Waals surface area contributed by atoms with Gasteiger partial charge in [0.2, 0.25) is 0 Å².